The molecule has 7 heteroatoms. The summed E-state index contributed by atoms with van der Waals surface area (Å²) in [6, 6.07) is 6.62. The second kappa shape index (κ2) is 4.03. The monoisotopic (exact) mass is 293 g/mol. The first-order valence-electron chi connectivity index (χ1n) is 6.65. The van der Waals surface area contributed by atoms with E-state index >= 15 is 0 Å². The molecule has 1 saturated heterocycles. The smallest absolute Gasteiger partial charge is 0.263 e. The summed E-state index contributed by atoms with van der Waals surface area (Å²) in [5.41, 5.74) is 6.72. The molecule has 0 bridgehead atoms. The van der Waals surface area contributed by atoms with Crippen LogP contribution in [-0.2, 0) is 14.8 Å². The Morgan fingerprint density at radius 2 is 2.15 bits per heavy atom. The summed E-state index contributed by atoms with van der Waals surface area (Å²) < 4.78 is 32.1. The van der Waals surface area contributed by atoms with Crippen molar-refractivity contribution >= 4 is 15.9 Å². The number of sulfonamides is 1. The average molecular weight is 293 g/mol. The van der Waals surface area contributed by atoms with Crippen LogP contribution < -0.4 is 10.5 Å². The SMILES string of the molecule is NC1C2CCOC2C1N=C1NS(=O)(=O)c2ccccc21. The van der Waals surface area contributed by atoms with Gasteiger partial charge in [0.1, 0.15) is 5.84 Å². The fourth-order valence-corrected chi connectivity index (χ4v) is 4.50. The van der Waals surface area contributed by atoms with Crippen LogP contribution in [0, 0.1) is 5.92 Å². The molecule has 3 aliphatic rings. The first kappa shape index (κ1) is 12.3. The highest BCUT2D eigenvalue weighted by molar-refractivity contribution is 7.90. The van der Waals surface area contributed by atoms with E-state index in [1.165, 1.54) is 0 Å². The summed E-state index contributed by atoms with van der Waals surface area (Å²) in [6.07, 6.45) is 1.00. The Morgan fingerprint density at radius 3 is 3.00 bits per heavy atom. The number of hydrogen-bond acceptors (Lipinski definition) is 5. The molecule has 4 atom stereocenters. The van der Waals surface area contributed by atoms with Gasteiger partial charge in [-0.1, -0.05) is 12.1 Å². The van der Waals surface area contributed by atoms with Crippen LogP contribution in [0.4, 0.5) is 0 Å². The molecule has 2 fully saturated rings. The van der Waals surface area contributed by atoms with Gasteiger partial charge in [0.05, 0.1) is 17.0 Å². The Kier molecular flexibility index (Phi) is 2.48. The van der Waals surface area contributed by atoms with Crippen molar-refractivity contribution in [2.24, 2.45) is 16.6 Å². The predicted molar refractivity (Wildman–Crippen MR) is 72.9 cm³/mol. The molecule has 2 aliphatic heterocycles. The zero-order chi connectivity index (χ0) is 13.9. The number of ether oxygens (including phenoxy) is 1. The van der Waals surface area contributed by atoms with Gasteiger partial charge in [-0.05, 0) is 18.6 Å². The highest BCUT2D eigenvalue weighted by Crippen LogP contribution is 2.40. The third-order valence-electron chi connectivity index (χ3n) is 4.35. The predicted octanol–water partition coefficient (Wildman–Crippen LogP) is -0.160. The molecule has 2 heterocycles. The summed E-state index contributed by atoms with van der Waals surface area (Å²) in [4.78, 5) is 4.79. The third-order valence-corrected chi connectivity index (χ3v) is 5.75. The second-order valence-electron chi connectivity index (χ2n) is 5.44. The molecule has 20 heavy (non-hydrogen) atoms. The number of nitrogens with one attached hydrogen (secondary N) is 1. The van der Waals surface area contributed by atoms with Crippen LogP contribution in [0.1, 0.15) is 12.0 Å². The molecule has 0 amide bonds. The molecule has 1 aromatic carbocycles. The zero-order valence-corrected chi connectivity index (χ0v) is 11.5. The van der Waals surface area contributed by atoms with Crippen molar-refractivity contribution in [3.63, 3.8) is 0 Å². The summed E-state index contributed by atoms with van der Waals surface area (Å²) >= 11 is 0. The van der Waals surface area contributed by atoms with E-state index in [9.17, 15) is 8.42 Å². The van der Waals surface area contributed by atoms with E-state index in [1.54, 1.807) is 24.3 Å². The van der Waals surface area contributed by atoms with E-state index in [0.29, 0.717) is 23.9 Å². The van der Waals surface area contributed by atoms with Gasteiger partial charge in [0.25, 0.3) is 10.0 Å². The van der Waals surface area contributed by atoms with E-state index in [-0.39, 0.29) is 23.1 Å². The average Bonchev–Trinajstić information content (AvgIpc) is 2.97. The first-order chi connectivity index (χ1) is 9.58. The van der Waals surface area contributed by atoms with Gasteiger partial charge in [0.2, 0.25) is 0 Å². The van der Waals surface area contributed by atoms with Crippen LogP contribution >= 0.6 is 0 Å². The Bertz CT molecular complexity index is 701. The molecule has 6 nitrogen and oxygen atoms in total. The number of amidine groups is 1. The number of nitrogens with two attached hydrogens (primary N) is 1. The molecule has 1 saturated carbocycles. The number of nitrogens with zero attached hydrogens (tertiary/aromatic N) is 1. The molecule has 4 rings (SSSR count). The summed E-state index contributed by atoms with van der Waals surface area (Å²) in [6.45, 7) is 0.715. The van der Waals surface area contributed by atoms with Crippen molar-refractivity contribution in [3.05, 3.63) is 29.8 Å². The summed E-state index contributed by atoms with van der Waals surface area (Å²) in [5, 5.41) is 0. The Hall–Kier alpha value is -1.44. The third kappa shape index (κ3) is 1.57. The van der Waals surface area contributed by atoms with E-state index in [0.717, 1.165) is 6.42 Å². The molecule has 0 aromatic heterocycles. The number of aliphatic imine (C=N–C) groups is 1. The fourth-order valence-electron chi connectivity index (χ4n) is 3.26. The van der Waals surface area contributed by atoms with E-state index in [4.69, 9.17) is 10.5 Å². The standard InChI is InChI=1S/C13H15N3O3S/c14-10-8-5-6-19-12(8)11(10)15-13-7-3-1-2-4-9(7)20(17,18)16-13/h1-4,8,10-12H,5-6,14H2,(H,15,16). The lowest BCUT2D eigenvalue weighted by Crippen LogP contribution is -2.61. The largest absolute Gasteiger partial charge is 0.376 e. The fraction of sp³-hybridized carbons (Fsp3) is 0.462. The van der Waals surface area contributed by atoms with Gasteiger partial charge in [-0.3, -0.25) is 9.71 Å². The van der Waals surface area contributed by atoms with Crippen molar-refractivity contribution in [3.8, 4) is 0 Å². The number of rotatable bonds is 1. The highest BCUT2D eigenvalue weighted by atomic mass is 32.2. The van der Waals surface area contributed by atoms with Crippen molar-refractivity contribution in [2.45, 2.75) is 29.5 Å². The molecule has 4 unspecified atom stereocenters. The van der Waals surface area contributed by atoms with Gasteiger partial charge in [-0.2, -0.15) is 0 Å². The van der Waals surface area contributed by atoms with E-state index < -0.39 is 10.0 Å². The molecule has 0 radical (unpaired) electrons. The molecular weight excluding hydrogens is 278 g/mol. The Labute approximate surface area is 117 Å². The number of benzene rings is 1. The van der Waals surface area contributed by atoms with Crippen LogP contribution in [-0.4, -0.2) is 39.0 Å². The maximum absolute atomic E-state index is 12.0. The van der Waals surface area contributed by atoms with Gasteiger partial charge in [0.15, 0.2) is 0 Å². The van der Waals surface area contributed by atoms with Crippen LogP contribution in [0.25, 0.3) is 0 Å². The maximum Gasteiger partial charge on any atom is 0.263 e. The van der Waals surface area contributed by atoms with Gasteiger partial charge in [0, 0.05) is 24.1 Å². The first-order valence-corrected chi connectivity index (χ1v) is 8.13. The van der Waals surface area contributed by atoms with Gasteiger partial charge in [-0.25, -0.2) is 8.42 Å². The minimum Gasteiger partial charge on any atom is -0.376 e. The lowest BCUT2D eigenvalue weighted by molar-refractivity contribution is -0.00166. The number of fused-ring (bicyclic) bond motifs is 2. The quantitative estimate of drug-likeness (QED) is 0.752. The molecular formula is C13H15N3O3S. The molecule has 0 spiro atoms. The summed E-state index contributed by atoms with van der Waals surface area (Å²) in [5.74, 6) is 0.743. The van der Waals surface area contributed by atoms with Crippen LogP contribution in [0.2, 0.25) is 0 Å². The minimum absolute atomic E-state index is 0.0368. The van der Waals surface area contributed by atoms with E-state index in [1.807, 2.05) is 0 Å². The Balaban J connectivity index is 1.72. The molecule has 106 valence electrons. The lowest BCUT2D eigenvalue weighted by Gasteiger charge is -2.43. The van der Waals surface area contributed by atoms with Crippen LogP contribution in [0.3, 0.4) is 0 Å². The van der Waals surface area contributed by atoms with E-state index in [2.05, 4.69) is 9.71 Å². The van der Waals surface area contributed by atoms with Crippen LogP contribution in [0.15, 0.2) is 34.2 Å². The molecule has 1 aromatic rings. The van der Waals surface area contributed by atoms with Crippen molar-refractivity contribution in [2.75, 3.05) is 6.61 Å². The van der Waals surface area contributed by atoms with Gasteiger partial charge >= 0.3 is 0 Å². The van der Waals surface area contributed by atoms with Crippen LogP contribution in [0.5, 0.6) is 0 Å². The van der Waals surface area contributed by atoms with Crippen molar-refractivity contribution in [1.29, 1.82) is 0 Å². The topological polar surface area (TPSA) is 93.8 Å². The second-order valence-corrected chi connectivity index (χ2v) is 7.09. The summed E-state index contributed by atoms with van der Waals surface area (Å²) in [7, 11) is -3.49. The zero-order valence-electron chi connectivity index (χ0n) is 10.7. The number of hydrogen-bond donors (Lipinski definition) is 2. The normalized spacial score (nSPS) is 39.0. The van der Waals surface area contributed by atoms with Gasteiger partial charge in [-0.15, -0.1) is 0 Å². The minimum atomic E-state index is -3.49. The molecule has 3 N–H and O–H groups in total. The molecule has 1 aliphatic carbocycles. The Morgan fingerprint density at radius 1 is 1.35 bits per heavy atom. The van der Waals surface area contributed by atoms with Gasteiger partial charge < -0.3 is 10.5 Å². The lowest BCUT2D eigenvalue weighted by atomic mass is 9.72. The maximum atomic E-state index is 12.0. The highest BCUT2D eigenvalue weighted by Gasteiger charge is 2.52. The van der Waals surface area contributed by atoms with Crippen molar-refractivity contribution < 1.29 is 13.2 Å². The van der Waals surface area contributed by atoms with Crippen molar-refractivity contribution in [1.82, 2.24) is 4.72 Å².